The van der Waals surface area contributed by atoms with E-state index in [4.69, 9.17) is 5.11 Å². The summed E-state index contributed by atoms with van der Waals surface area (Å²) in [4.78, 5) is 10.7. The first-order valence-electron chi connectivity index (χ1n) is 4.85. The van der Waals surface area contributed by atoms with Gasteiger partial charge in [0.1, 0.15) is 11.5 Å². The van der Waals surface area contributed by atoms with Gasteiger partial charge in [-0.15, -0.1) is 0 Å². The Balaban J connectivity index is 2.58. The summed E-state index contributed by atoms with van der Waals surface area (Å²) in [5.74, 6) is -1.93. The van der Waals surface area contributed by atoms with Gasteiger partial charge in [0.2, 0.25) is 0 Å². The number of rotatable bonds is 3. The minimum absolute atomic E-state index is 0.178. The molecule has 2 aromatic rings. The smallest absolute Gasteiger partial charge is 0.353 e. The highest BCUT2D eigenvalue weighted by atomic mass is 32.2. The van der Waals surface area contributed by atoms with Crippen molar-refractivity contribution in [1.82, 2.24) is 3.97 Å². The molecule has 94 valence electrons. The first-order valence-corrected chi connectivity index (χ1v) is 6.29. The van der Waals surface area contributed by atoms with Gasteiger partial charge in [-0.25, -0.2) is 21.6 Å². The Hall–Kier alpha value is -2.15. The molecule has 1 N–H and O–H groups in total. The highest BCUT2D eigenvalue weighted by molar-refractivity contribution is 7.90. The lowest BCUT2D eigenvalue weighted by Gasteiger charge is -2.07. The van der Waals surface area contributed by atoms with Gasteiger partial charge in [-0.05, 0) is 36.4 Å². The Kier molecular flexibility index (Phi) is 2.92. The summed E-state index contributed by atoms with van der Waals surface area (Å²) in [5, 5.41) is 8.86. The largest absolute Gasteiger partial charge is 0.477 e. The van der Waals surface area contributed by atoms with Crippen LogP contribution in [-0.4, -0.2) is 23.5 Å². The van der Waals surface area contributed by atoms with Crippen molar-refractivity contribution in [3.63, 3.8) is 0 Å². The zero-order valence-electron chi connectivity index (χ0n) is 8.95. The van der Waals surface area contributed by atoms with E-state index in [1.807, 2.05) is 0 Å². The topological polar surface area (TPSA) is 76.4 Å². The third kappa shape index (κ3) is 2.00. The summed E-state index contributed by atoms with van der Waals surface area (Å²) in [6.45, 7) is 0. The summed E-state index contributed by atoms with van der Waals surface area (Å²) < 4.78 is 37.6. The predicted molar refractivity (Wildman–Crippen MR) is 60.4 cm³/mol. The number of hydrogen-bond donors (Lipinski definition) is 1. The maximum absolute atomic E-state index is 12.7. The summed E-state index contributed by atoms with van der Waals surface area (Å²) in [7, 11) is -4.02. The summed E-state index contributed by atoms with van der Waals surface area (Å²) in [6, 6.07) is 6.63. The van der Waals surface area contributed by atoms with Crippen LogP contribution in [-0.2, 0) is 10.0 Å². The molecular weight excluding hydrogens is 261 g/mol. The highest BCUT2D eigenvalue weighted by Gasteiger charge is 2.22. The molecule has 1 heterocycles. The molecule has 0 radical (unpaired) electrons. The molecule has 7 heteroatoms. The van der Waals surface area contributed by atoms with Gasteiger partial charge < -0.3 is 5.11 Å². The Bertz CT molecular complexity index is 688. The molecular formula is C11H8FNO4S. The summed E-state index contributed by atoms with van der Waals surface area (Å²) in [5.41, 5.74) is -0.376. The zero-order valence-corrected chi connectivity index (χ0v) is 9.76. The molecule has 0 amide bonds. The third-order valence-corrected chi connectivity index (χ3v) is 4.01. The first-order chi connectivity index (χ1) is 8.43. The van der Waals surface area contributed by atoms with Gasteiger partial charge in [-0.3, -0.25) is 0 Å². The standard InChI is InChI=1S/C11H8FNO4S/c12-8-3-5-9(6-4-8)18(16,17)13-7-1-2-10(13)11(14)15/h1-7H,(H,14,15). The first kappa shape index (κ1) is 12.3. The molecule has 2 rings (SSSR count). The molecule has 0 spiro atoms. The number of nitrogens with zero attached hydrogens (tertiary/aromatic N) is 1. The van der Waals surface area contributed by atoms with Crippen LogP contribution in [0.1, 0.15) is 10.5 Å². The minimum Gasteiger partial charge on any atom is -0.477 e. The molecule has 0 aliphatic heterocycles. The second kappa shape index (κ2) is 4.26. The fraction of sp³-hybridized carbons (Fsp3) is 0. The lowest BCUT2D eigenvalue weighted by atomic mass is 10.4. The van der Waals surface area contributed by atoms with E-state index in [-0.39, 0.29) is 10.6 Å². The van der Waals surface area contributed by atoms with E-state index in [1.54, 1.807) is 0 Å². The molecule has 0 bridgehead atoms. The van der Waals surface area contributed by atoms with Crippen molar-refractivity contribution in [2.24, 2.45) is 0 Å². The third-order valence-electron chi connectivity index (χ3n) is 2.30. The number of carbonyl (C=O) groups is 1. The van der Waals surface area contributed by atoms with E-state index < -0.39 is 21.8 Å². The summed E-state index contributed by atoms with van der Waals surface area (Å²) in [6.07, 6.45) is 1.13. The van der Waals surface area contributed by atoms with Gasteiger partial charge in [0.15, 0.2) is 0 Å². The quantitative estimate of drug-likeness (QED) is 0.917. The molecule has 0 aliphatic carbocycles. The van der Waals surface area contributed by atoms with Crippen molar-refractivity contribution in [3.8, 4) is 0 Å². The van der Waals surface area contributed by atoms with Crippen LogP contribution in [0.5, 0.6) is 0 Å². The Morgan fingerprint density at radius 1 is 1.17 bits per heavy atom. The van der Waals surface area contributed by atoms with Crippen molar-refractivity contribution in [3.05, 3.63) is 54.1 Å². The van der Waals surface area contributed by atoms with Crippen molar-refractivity contribution in [1.29, 1.82) is 0 Å². The minimum atomic E-state index is -4.02. The molecule has 5 nitrogen and oxygen atoms in total. The molecule has 0 saturated heterocycles. The number of aromatic carboxylic acids is 1. The van der Waals surface area contributed by atoms with E-state index in [0.717, 1.165) is 30.5 Å². The second-order valence-electron chi connectivity index (χ2n) is 3.45. The summed E-state index contributed by atoms with van der Waals surface area (Å²) >= 11 is 0. The fourth-order valence-corrected chi connectivity index (χ4v) is 2.80. The fourth-order valence-electron chi connectivity index (χ4n) is 1.46. The van der Waals surface area contributed by atoms with Crippen molar-refractivity contribution < 1.29 is 22.7 Å². The maximum atomic E-state index is 12.7. The Morgan fingerprint density at radius 2 is 1.78 bits per heavy atom. The number of benzene rings is 1. The molecule has 0 saturated carbocycles. The molecule has 0 atom stereocenters. The number of aromatic nitrogens is 1. The van der Waals surface area contributed by atoms with E-state index in [2.05, 4.69) is 0 Å². The zero-order chi connectivity index (χ0) is 13.3. The Morgan fingerprint density at radius 3 is 2.33 bits per heavy atom. The van der Waals surface area contributed by atoms with Crippen LogP contribution in [0.25, 0.3) is 0 Å². The number of carboxylic acid groups (broad SMARTS) is 1. The molecule has 1 aromatic heterocycles. The van der Waals surface area contributed by atoms with E-state index >= 15 is 0 Å². The van der Waals surface area contributed by atoms with Crippen LogP contribution >= 0.6 is 0 Å². The van der Waals surface area contributed by atoms with Gasteiger partial charge in [-0.1, -0.05) is 0 Å². The SMILES string of the molecule is O=C(O)c1cccn1S(=O)(=O)c1ccc(F)cc1. The monoisotopic (exact) mass is 269 g/mol. The average molecular weight is 269 g/mol. The molecule has 0 unspecified atom stereocenters. The lowest BCUT2D eigenvalue weighted by molar-refractivity contribution is 0.0689. The molecule has 1 aromatic carbocycles. The van der Waals surface area contributed by atoms with Crippen LogP contribution < -0.4 is 0 Å². The van der Waals surface area contributed by atoms with Crippen LogP contribution in [0.2, 0.25) is 0 Å². The van der Waals surface area contributed by atoms with Gasteiger partial charge in [0, 0.05) is 6.20 Å². The van der Waals surface area contributed by atoms with Crippen molar-refractivity contribution in [2.75, 3.05) is 0 Å². The van der Waals surface area contributed by atoms with Crippen LogP contribution in [0, 0.1) is 5.82 Å². The van der Waals surface area contributed by atoms with E-state index in [9.17, 15) is 17.6 Å². The van der Waals surface area contributed by atoms with Crippen LogP contribution in [0.3, 0.4) is 0 Å². The van der Waals surface area contributed by atoms with Crippen LogP contribution in [0.4, 0.5) is 4.39 Å². The predicted octanol–water partition coefficient (Wildman–Crippen LogP) is 1.56. The van der Waals surface area contributed by atoms with Gasteiger partial charge >= 0.3 is 5.97 Å². The normalized spacial score (nSPS) is 11.4. The highest BCUT2D eigenvalue weighted by Crippen LogP contribution is 2.17. The number of hydrogen-bond acceptors (Lipinski definition) is 3. The average Bonchev–Trinajstić information content (AvgIpc) is 2.79. The Labute approximate surface area is 102 Å². The van der Waals surface area contributed by atoms with Gasteiger partial charge in [-0.2, -0.15) is 0 Å². The van der Waals surface area contributed by atoms with Crippen LogP contribution in [0.15, 0.2) is 47.5 Å². The van der Waals surface area contributed by atoms with Gasteiger partial charge in [0.05, 0.1) is 4.90 Å². The molecule has 18 heavy (non-hydrogen) atoms. The number of halogens is 1. The van der Waals surface area contributed by atoms with Crippen molar-refractivity contribution >= 4 is 16.0 Å². The van der Waals surface area contributed by atoms with E-state index in [0.29, 0.717) is 3.97 Å². The molecule has 0 fully saturated rings. The maximum Gasteiger partial charge on any atom is 0.353 e. The van der Waals surface area contributed by atoms with Gasteiger partial charge in [0.25, 0.3) is 10.0 Å². The second-order valence-corrected chi connectivity index (χ2v) is 5.27. The number of carboxylic acids is 1. The van der Waals surface area contributed by atoms with E-state index in [1.165, 1.54) is 12.1 Å². The lowest BCUT2D eigenvalue weighted by Crippen LogP contribution is -2.17. The van der Waals surface area contributed by atoms with Crippen molar-refractivity contribution in [2.45, 2.75) is 4.90 Å². The molecule has 0 aliphatic rings.